The summed E-state index contributed by atoms with van der Waals surface area (Å²) in [5, 5.41) is 0. The molecule has 0 unspecified atom stereocenters. The molecule has 0 aliphatic carbocycles. The van der Waals surface area contributed by atoms with E-state index in [1.54, 1.807) is 6.92 Å². The van der Waals surface area contributed by atoms with Crippen LogP contribution in [0, 0.1) is 12.7 Å². The molecule has 0 spiro atoms. The molecule has 0 fully saturated rings. The summed E-state index contributed by atoms with van der Waals surface area (Å²) in [6.07, 6.45) is 0.925. The third-order valence-corrected chi connectivity index (χ3v) is 3.16. The zero-order valence-corrected chi connectivity index (χ0v) is 10.7. The fraction of sp³-hybridized carbons (Fsp3) is 0.333. The highest BCUT2D eigenvalue weighted by atomic mass is 79.9. The number of hydrogen-bond acceptors (Lipinski definition) is 3. The SMILES string of the molecule is Cc1cc(F)c(COS(C)(=O)=O)cc1Br. The Bertz CT molecular complexity index is 470. The van der Waals surface area contributed by atoms with Crippen molar-refractivity contribution in [1.29, 1.82) is 0 Å². The minimum Gasteiger partial charge on any atom is -0.265 e. The normalized spacial score (nSPS) is 11.7. The van der Waals surface area contributed by atoms with Gasteiger partial charge in [0.2, 0.25) is 0 Å². The van der Waals surface area contributed by atoms with Crippen molar-refractivity contribution in [2.75, 3.05) is 6.26 Å². The van der Waals surface area contributed by atoms with E-state index in [1.807, 2.05) is 0 Å². The summed E-state index contributed by atoms with van der Waals surface area (Å²) in [7, 11) is -3.54. The molecule has 0 saturated carbocycles. The van der Waals surface area contributed by atoms with Gasteiger partial charge in [-0.3, -0.25) is 4.18 Å². The Morgan fingerprint density at radius 1 is 1.47 bits per heavy atom. The van der Waals surface area contributed by atoms with Gasteiger partial charge < -0.3 is 0 Å². The van der Waals surface area contributed by atoms with Crippen LogP contribution in [0.3, 0.4) is 0 Å². The summed E-state index contributed by atoms with van der Waals surface area (Å²) in [6, 6.07) is 2.83. The van der Waals surface area contributed by atoms with Crippen LogP contribution in [0.25, 0.3) is 0 Å². The molecule has 0 aliphatic rings. The van der Waals surface area contributed by atoms with Gasteiger partial charge in [0.25, 0.3) is 10.1 Å². The van der Waals surface area contributed by atoms with Gasteiger partial charge in [-0.25, -0.2) is 4.39 Å². The lowest BCUT2D eigenvalue weighted by Crippen LogP contribution is -2.04. The molecule has 84 valence electrons. The summed E-state index contributed by atoms with van der Waals surface area (Å²) in [6.45, 7) is 1.46. The Kier molecular flexibility index (Phi) is 3.86. The summed E-state index contributed by atoms with van der Waals surface area (Å²) in [5.41, 5.74) is 0.952. The number of aryl methyl sites for hydroxylation is 1. The van der Waals surface area contributed by atoms with Crippen molar-refractivity contribution in [3.63, 3.8) is 0 Å². The van der Waals surface area contributed by atoms with E-state index in [4.69, 9.17) is 0 Å². The third kappa shape index (κ3) is 3.89. The van der Waals surface area contributed by atoms with Gasteiger partial charge in [-0.2, -0.15) is 8.42 Å². The minimum atomic E-state index is -3.54. The van der Waals surface area contributed by atoms with Gasteiger partial charge >= 0.3 is 0 Å². The first-order chi connectivity index (χ1) is 6.79. The second kappa shape index (κ2) is 4.59. The summed E-state index contributed by atoms with van der Waals surface area (Å²) >= 11 is 3.23. The zero-order valence-electron chi connectivity index (χ0n) is 8.25. The van der Waals surface area contributed by atoms with E-state index < -0.39 is 15.9 Å². The molecule has 0 aliphatic heterocycles. The fourth-order valence-electron chi connectivity index (χ4n) is 0.969. The first-order valence-electron chi connectivity index (χ1n) is 4.08. The first kappa shape index (κ1) is 12.6. The highest BCUT2D eigenvalue weighted by Gasteiger charge is 2.09. The van der Waals surface area contributed by atoms with Crippen molar-refractivity contribution in [2.24, 2.45) is 0 Å². The van der Waals surface area contributed by atoms with Crippen LogP contribution in [-0.2, 0) is 20.9 Å². The van der Waals surface area contributed by atoms with Gasteiger partial charge in [0, 0.05) is 10.0 Å². The van der Waals surface area contributed by atoms with Gasteiger partial charge in [-0.05, 0) is 24.6 Å². The maximum absolute atomic E-state index is 13.3. The molecule has 0 atom stereocenters. The maximum Gasteiger partial charge on any atom is 0.264 e. The molecular weight excluding hydrogens is 287 g/mol. The summed E-state index contributed by atoms with van der Waals surface area (Å²) in [4.78, 5) is 0. The average Bonchev–Trinajstić information content (AvgIpc) is 2.07. The lowest BCUT2D eigenvalue weighted by molar-refractivity contribution is 0.305. The van der Waals surface area contributed by atoms with E-state index in [2.05, 4.69) is 20.1 Å². The molecule has 0 N–H and O–H groups in total. The van der Waals surface area contributed by atoms with Crippen molar-refractivity contribution in [3.05, 3.63) is 33.5 Å². The highest BCUT2D eigenvalue weighted by molar-refractivity contribution is 9.10. The van der Waals surface area contributed by atoms with Gasteiger partial charge in [-0.1, -0.05) is 15.9 Å². The third-order valence-electron chi connectivity index (χ3n) is 1.76. The molecule has 1 aromatic carbocycles. The topological polar surface area (TPSA) is 43.4 Å². The van der Waals surface area contributed by atoms with E-state index in [1.165, 1.54) is 12.1 Å². The van der Waals surface area contributed by atoms with Crippen LogP contribution in [0.15, 0.2) is 16.6 Å². The van der Waals surface area contributed by atoms with E-state index >= 15 is 0 Å². The lowest BCUT2D eigenvalue weighted by Gasteiger charge is -2.06. The minimum absolute atomic E-state index is 0.206. The van der Waals surface area contributed by atoms with Gasteiger partial charge in [0.05, 0.1) is 12.9 Å². The van der Waals surface area contributed by atoms with Crippen molar-refractivity contribution in [3.8, 4) is 0 Å². The van der Waals surface area contributed by atoms with E-state index in [0.29, 0.717) is 0 Å². The molecule has 0 amide bonds. The molecule has 15 heavy (non-hydrogen) atoms. The van der Waals surface area contributed by atoms with Crippen LogP contribution in [0.4, 0.5) is 4.39 Å². The number of benzene rings is 1. The van der Waals surface area contributed by atoms with Gasteiger partial charge in [-0.15, -0.1) is 0 Å². The zero-order chi connectivity index (χ0) is 11.6. The number of halogens is 2. The predicted molar refractivity (Wildman–Crippen MR) is 58.5 cm³/mol. The standard InChI is InChI=1S/C9H10BrFO3S/c1-6-3-9(11)7(4-8(6)10)5-14-15(2,12)13/h3-4H,5H2,1-2H3. The van der Waals surface area contributed by atoms with Crippen molar-refractivity contribution < 1.29 is 17.0 Å². The molecule has 1 aromatic rings. The molecular formula is C9H10BrFO3S. The predicted octanol–water partition coefficient (Wildman–Crippen LogP) is 2.37. The lowest BCUT2D eigenvalue weighted by atomic mass is 10.1. The fourth-order valence-corrected chi connectivity index (χ4v) is 1.70. The number of rotatable bonds is 3. The van der Waals surface area contributed by atoms with E-state index in [-0.39, 0.29) is 12.2 Å². The summed E-state index contributed by atoms with van der Waals surface area (Å²) in [5.74, 6) is -0.473. The first-order valence-corrected chi connectivity index (χ1v) is 6.69. The largest absolute Gasteiger partial charge is 0.265 e. The summed E-state index contributed by atoms with van der Waals surface area (Å²) < 4.78 is 40.0. The number of hydrogen-bond donors (Lipinski definition) is 0. The van der Waals surface area contributed by atoms with Gasteiger partial charge in [0.1, 0.15) is 5.82 Å². The Morgan fingerprint density at radius 2 is 2.07 bits per heavy atom. The Balaban J connectivity index is 2.91. The van der Waals surface area contributed by atoms with Crippen LogP contribution in [0.1, 0.15) is 11.1 Å². The Hall–Kier alpha value is -0.460. The van der Waals surface area contributed by atoms with Gasteiger partial charge in [0.15, 0.2) is 0 Å². The van der Waals surface area contributed by atoms with Crippen molar-refractivity contribution >= 4 is 26.0 Å². The van der Waals surface area contributed by atoms with Crippen LogP contribution < -0.4 is 0 Å². The molecule has 0 aromatic heterocycles. The van der Waals surface area contributed by atoms with Crippen molar-refractivity contribution in [1.82, 2.24) is 0 Å². The second-order valence-corrected chi connectivity index (χ2v) is 5.66. The molecule has 0 heterocycles. The quantitative estimate of drug-likeness (QED) is 0.805. The molecule has 0 bridgehead atoms. The van der Waals surface area contributed by atoms with Crippen LogP contribution >= 0.6 is 15.9 Å². The maximum atomic E-state index is 13.3. The van der Waals surface area contributed by atoms with Crippen LogP contribution in [0.2, 0.25) is 0 Å². The monoisotopic (exact) mass is 296 g/mol. The van der Waals surface area contributed by atoms with Crippen LogP contribution in [0.5, 0.6) is 0 Å². The average molecular weight is 297 g/mol. The smallest absolute Gasteiger partial charge is 0.264 e. The van der Waals surface area contributed by atoms with Crippen LogP contribution in [-0.4, -0.2) is 14.7 Å². The highest BCUT2D eigenvalue weighted by Crippen LogP contribution is 2.21. The molecule has 0 radical (unpaired) electrons. The van der Waals surface area contributed by atoms with E-state index in [9.17, 15) is 12.8 Å². The molecule has 0 saturated heterocycles. The van der Waals surface area contributed by atoms with Crippen molar-refractivity contribution in [2.45, 2.75) is 13.5 Å². The van der Waals surface area contributed by atoms with E-state index in [0.717, 1.165) is 16.3 Å². The second-order valence-electron chi connectivity index (χ2n) is 3.16. The Morgan fingerprint density at radius 3 is 2.60 bits per heavy atom. The molecule has 6 heteroatoms. The molecule has 3 nitrogen and oxygen atoms in total. The Labute approximate surface area is 96.5 Å². The molecule has 1 rings (SSSR count).